The van der Waals surface area contributed by atoms with E-state index in [0.29, 0.717) is 66.5 Å². The van der Waals surface area contributed by atoms with Crippen molar-refractivity contribution in [2.75, 3.05) is 10.6 Å². The van der Waals surface area contributed by atoms with E-state index in [2.05, 4.69) is 31.1 Å². The number of nitrogens with zero attached hydrogens (tertiary/aromatic N) is 4. The Bertz CT molecular complexity index is 3160. The zero-order valence-electron chi connectivity index (χ0n) is 32.3. The van der Waals surface area contributed by atoms with Crippen LogP contribution in [0.15, 0.2) is 166 Å². The summed E-state index contributed by atoms with van der Waals surface area (Å²) in [5.74, 6) is -1.90. The van der Waals surface area contributed by atoms with Crippen molar-refractivity contribution in [1.29, 1.82) is 0 Å². The van der Waals surface area contributed by atoms with E-state index in [0.717, 1.165) is 11.1 Å². The summed E-state index contributed by atoms with van der Waals surface area (Å²) in [6, 6.07) is 42.7. The number of anilines is 2. The first-order valence-electron chi connectivity index (χ1n) is 19.0. The highest BCUT2D eigenvalue weighted by Crippen LogP contribution is 2.44. The highest BCUT2D eigenvalue weighted by atomic mass is 16.3. The average molecular weight is 787 g/mol. The summed E-state index contributed by atoms with van der Waals surface area (Å²) in [7, 11) is 0. The molecule has 0 unspecified atom stereocenters. The minimum absolute atomic E-state index is 0.0375. The maximum atomic E-state index is 13.9. The second-order valence-electron chi connectivity index (χ2n) is 14.5. The number of hydrogen-bond donors (Lipinski definition) is 4. The molecule has 0 saturated carbocycles. The van der Waals surface area contributed by atoms with Crippen molar-refractivity contribution in [3.8, 4) is 22.6 Å². The molecule has 8 aromatic rings. The fourth-order valence-electron chi connectivity index (χ4n) is 7.32. The van der Waals surface area contributed by atoms with Gasteiger partial charge in [-0.1, -0.05) is 96.6 Å². The van der Waals surface area contributed by atoms with Gasteiger partial charge in [0.25, 0.3) is 11.8 Å². The number of fused-ring (bicyclic) bond motifs is 5. The van der Waals surface area contributed by atoms with Crippen LogP contribution >= 0.6 is 0 Å². The van der Waals surface area contributed by atoms with E-state index >= 15 is 0 Å². The van der Waals surface area contributed by atoms with Gasteiger partial charge in [-0.15, -0.1) is 10.2 Å². The van der Waals surface area contributed by atoms with E-state index in [1.807, 2.05) is 68.4 Å². The van der Waals surface area contributed by atoms with Gasteiger partial charge in [-0.2, -0.15) is 10.2 Å². The Morgan fingerprint density at radius 1 is 0.500 bits per heavy atom. The predicted molar refractivity (Wildman–Crippen MR) is 233 cm³/mol. The monoisotopic (exact) mass is 786 g/mol. The number of phenolic OH excluding ortho intramolecular Hbond substituents is 2. The van der Waals surface area contributed by atoms with Crippen LogP contribution in [-0.4, -0.2) is 27.8 Å². The number of benzene rings is 8. The molecule has 11 nitrogen and oxygen atoms in total. The largest absolute Gasteiger partial charge is 0.505 e. The third-order valence-electron chi connectivity index (χ3n) is 10.5. The Hall–Kier alpha value is -8.31. The van der Waals surface area contributed by atoms with Crippen molar-refractivity contribution in [1.82, 2.24) is 0 Å². The van der Waals surface area contributed by atoms with Gasteiger partial charge in [0.15, 0.2) is 17.3 Å². The van der Waals surface area contributed by atoms with Gasteiger partial charge in [-0.3, -0.25) is 14.4 Å². The van der Waals surface area contributed by atoms with Crippen molar-refractivity contribution < 1.29 is 24.6 Å². The number of ketones is 1. The molecule has 60 heavy (non-hydrogen) atoms. The van der Waals surface area contributed by atoms with Crippen LogP contribution in [0.4, 0.5) is 34.1 Å². The van der Waals surface area contributed by atoms with E-state index < -0.39 is 11.8 Å². The molecule has 8 aromatic carbocycles. The smallest absolute Gasteiger partial charge is 0.259 e. The number of carbonyl (C=O) groups excluding carboxylic acids is 3. The molecule has 0 aliphatic heterocycles. The van der Waals surface area contributed by atoms with Gasteiger partial charge in [0.2, 0.25) is 0 Å². The first-order valence-corrected chi connectivity index (χ1v) is 19.0. The summed E-state index contributed by atoms with van der Waals surface area (Å²) in [6.07, 6.45) is 0. The van der Waals surface area contributed by atoms with Crippen LogP contribution in [0.1, 0.15) is 47.8 Å². The van der Waals surface area contributed by atoms with Gasteiger partial charge in [0.05, 0.1) is 22.5 Å². The quantitative estimate of drug-likeness (QED) is 0.112. The molecule has 4 N–H and O–H groups in total. The Morgan fingerprint density at radius 2 is 0.983 bits per heavy atom. The molecule has 0 radical (unpaired) electrons. The number of phenols is 2. The molecule has 0 heterocycles. The number of aromatic hydroxyl groups is 2. The standard InChI is InChI=1S/C49H34N6O5/c1-27-15-17-31(18-16-27)50-48(59)40-23-29-10-4-6-12-34(29)43(46(40)57)54-52-32-19-21-36-37-22-20-33(26-39(37)45(56)38(36)25-32)53-55-44-35-13-7-5-11-30(35)24-41(47(44)58)49(60)51-42-14-8-3-9-28(42)2/h3-26,57-58H,1-2H3,(H,50,59)(H,51,60). The number of nitrogens with one attached hydrogen (secondary N) is 2. The van der Waals surface area contributed by atoms with Crippen molar-refractivity contribution >= 4 is 73.3 Å². The molecule has 9 rings (SSSR count). The fraction of sp³-hybridized carbons (Fsp3) is 0.0408. The normalized spacial score (nSPS) is 12.0. The molecule has 0 aromatic heterocycles. The Morgan fingerprint density at radius 3 is 1.52 bits per heavy atom. The van der Waals surface area contributed by atoms with E-state index in [9.17, 15) is 24.6 Å². The van der Waals surface area contributed by atoms with Crippen LogP contribution < -0.4 is 10.6 Å². The number of rotatable bonds is 8. The highest BCUT2D eigenvalue weighted by molar-refractivity contribution is 6.22. The van der Waals surface area contributed by atoms with E-state index in [1.54, 1.807) is 91.0 Å². The summed E-state index contributed by atoms with van der Waals surface area (Å²) >= 11 is 0. The molecule has 2 amide bonds. The average Bonchev–Trinajstić information content (AvgIpc) is 3.53. The van der Waals surface area contributed by atoms with Crippen LogP contribution in [0.3, 0.4) is 0 Å². The van der Waals surface area contributed by atoms with Gasteiger partial charge in [-0.25, -0.2) is 0 Å². The topological polar surface area (TPSA) is 165 Å². The van der Waals surface area contributed by atoms with Crippen LogP contribution in [0.5, 0.6) is 11.5 Å². The number of amides is 2. The highest BCUT2D eigenvalue weighted by Gasteiger charge is 2.28. The van der Waals surface area contributed by atoms with Crippen LogP contribution in [0.2, 0.25) is 0 Å². The second kappa shape index (κ2) is 15.2. The Balaban J connectivity index is 0.992. The summed E-state index contributed by atoms with van der Waals surface area (Å²) in [5, 5.41) is 48.7. The number of azo groups is 2. The molecule has 1 aliphatic rings. The number of carbonyl (C=O) groups is 3. The van der Waals surface area contributed by atoms with Gasteiger partial charge in [-0.05, 0) is 95.9 Å². The summed E-state index contributed by atoms with van der Waals surface area (Å²) in [4.78, 5) is 40.6. The van der Waals surface area contributed by atoms with Gasteiger partial charge < -0.3 is 20.8 Å². The lowest BCUT2D eigenvalue weighted by molar-refractivity contribution is 0.101. The van der Waals surface area contributed by atoms with Crippen molar-refractivity contribution in [3.05, 3.63) is 179 Å². The van der Waals surface area contributed by atoms with Crippen molar-refractivity contribution in [3.63, 3.8) is 0 Å². The first kappa shape index (κ1) is 37.3. The summed E-state index contributed by atoms with van der Waals surface area (Å²) in [5.41, 5.74) is 6.38. The maximum absolute atomic E-state index is 13.9. The number of aryl methyl sites for hydroxylation is 2. The van der Waals surface area contributed by atoms with E-state index in [4.69, 9.17) is 0 Å². The Kier molecular flexibility index (Phi) is 9.45. The molecule has 0 atom stereocenters. The lowest BCUT2D eigenvalue weighted by atomic mass is 10.0. The van der Waals surface area contributed by atoms with Gasteiger partial charge in [0, 0.05) is 33.3 Å². The van der Waals surface area contributed by atoms with Gasteiger partial charge >= 0.3 is 0 Å². The SMILES string of the molecule is Cc1ccc(NC(=O)c2cc3ccccc3c(N=Nc3ccc4c(c3)C(=O)c3cc(N=Nc5c(O)c(C(=O)Nc6ccccc6C)cc6ccccc56)ccc3-4)c2O)cc1. The molecular weight excluding hydrogens is 753 g/mol. The third kappa shape index (κ3) is 6.90. The first-order chi connectivity index (χ1) is 29.1. The zero-order valence-corrected chi connectivity index (χ0v) is 32.3. The lowest BCUT2D eigenvalue weighted by Gasteiger charge is -2.12. The molecule has 0 bridgehead atoms. The van der Waals surface area contributed by atoms with Gasteiger partial charge in [0.1, 0.15) is 11.4 Å². The van der Waals surface area contributed by atoms with Crippen LogP contribution in [0, 0.1) is 13.8 Å². The molecule has 0 fully saturated rings. The van der Waals surface area contributed by atoms with Crippen LogP contribution in [-0.2, 0) is 0 Å². The minimum atomic E-state index is -0.502. The molecule has 0 saturated heterocycles. The van der Waals surface area contributed by atoms with Crippen molar-refractivity contribution in [2.45, 2.75) is 13.8 Å². The zero-order chi connectivity index (χ0) is 41.5. The summed E-state index contributed by atoms with van der Waals surface area (Å²) < 4.78 is 0. The van der Waals surface area contributed by atoms with E-state index in [1.165, 1.54) is 0 Å². The van der Waals surface area contributed by atoms with E-state index in [-0.39, 0.29) is 39.8 Å². The summed E-state index contributed by atoms with van der Waals surface area (Å²) in [6.45, 7) is 3.83. The van der Waals surface area contributed by atoms with Crippen LogP contribution in [0.25, 0.3) is 32.7 Å². The molecule has 290 valence electrons. The predicted octanol–water partition coefficient (Wildman–Crippen LogP) is 12.6. The van der Waals surface area contributed by atoms with Crippen molar-refractivity contribution in [2.24, 2.45) is 20.5 Å². The molecule has 1 aliphatic carbocycles. The minimum Gasteiger partial charge on any atom is -0.505 e. The lowest BCUT2D eigenvalue weighted by Crippen LogP contribution is -2.13. The fourth-order valence-corrected chi connectivity index (χ4v) is 7.32. The molecular formula is C49H34N6O5. The molecule has 11 heteroatoms. The second-order valence-corrected chi connectivity index (χ2v) is 14.5. The molecule has 0 spiro atoms. The Labute approximate surface area is 343 Å². The number of para-hydroxylation sites is 1. The number of hydrogen-bond acceptors (Lipinski definition) is 9. The maximum Gasteiger partial charge on any atom is 0.259 e. The third-order valence-corrected chi connectivity index (χ3v) is 10.5.